The minimum Gasteiger partial charge on any atom is -0.314 e. The van der Waals surface area contributed by atoms with Crippen LogP contribution in [0.15, 0.2) is 59.5 Å². The van der Waals surface area contributed by atoms with Crippen LogP contribution in [0.1, 0.15) is 0 Å². The van der Waals surface area contributed by atoms with E-state index in [0.717, 1.165) is 23.4 Å². The first kappa shape index (κ1) is 14.6. The number of thioether (sulfide) groups is 1. The summed E-state index contributed by atoms with van der Waals surface area (Å²) in [5.74, 6) is 0.831. The van der Waals surface area contributed by atoms with Gasteiger partial charge in [0.15, 0.2) is 9.84 Å². The Balaban J connectivity index is 2.06. The average Bonchev–Trinajstić information content (AvgIpc) is 2.56. The Hall–Kier alpha value is -1.30. The highest BCUT2D eigenvalue weighted by molar-refractivity contribution is 8.13. The first-order valence-electron chi connectivity index (χ1n) is 6.90. The van der Waals surface area contributed by atoms with Crippen molar-refractivity contribution < 1.29 is 8.42 Å². The third kappa shape index (κ3) is 3.00. The molecule has 3 rings (SSSR count). The Morgan fingerprint density at radius 2 is 1.71 bits per heavy atom. The van der Waals surface area contributed by atoms with Gasteiger partial charge in [-0.15, -0.1) is 11.8 Å². The van der Waals surface area contributed by atoms with E-state index in [-0.39, 0.29) is 0 Å². The van der Waals surface area contributed by atoms with Gasteiger partial charge in [0.25, 0.3) is 0 Å². The molecule has 21 heavy (non-hydrogen) atoms. The van der Waals surface area contributed by atoms with Crippen LogP contribution in [0.5, 0.6) is 0 Å². The molecule has 1 saturated heterocycles. The molecule has 1 N–H and O–H groups in total. The molecule has 0 saturated carbocycles. The normalized spacial score (nSPS) is 19.3. The van der Waals surface area contributed by atoms with Crippen molar-refractivity contribution in [3.8, 4) is 11.1 Å². The Morgan fingerprint density at radius 1 is 1.00 bits per heavy atom. The van der Waals surface area contributed by atoms with Crippen molar-refractivity contribution in [2.45, 2.75) is 9.48 Å². The molecule has 0 radical (unpaired) electrons. The van der Waals surface area contributed by atoms with Crippen molar-refractivity contribution in [3.63, 3.8) is 0 Å². The van der Waals surface area contributed by atoms with E-state index >= 15 is 0 Å². The maximum atomic E-state index is 12.9. The summed E-state index contributed by atoms with van der Waals surface area (Å²) in [7, 11) is -3.34. The fraction of sp³-hybridized carbons (Fsp3) is 0.250. The van der Waals surface area contributed by atoms with Crippen LogP contribution in [0.3, 0.4) is 0 Å². The summed E-state index contributed by atoms with van der Waals surface area (Å²) >= 11 is 1.52. The average molecular weight is 319 g/mol. The van der Waals surface area contributed by atoms with Crippen LogP contribution < -0.4 is 5.32 Å². The molecular formula is C16H17NO2S2. The summed E-state index contributed by atoms with van der Waals surface area (Å²) < 4.78 is 25.4. The van der Waals surface area contributed by atoms with Crippen molar-refractivity contribution in [2.24, 2.45) is 0 Å². The van der Waals surface area contributed by atoms with Gasteiger partial charge in [0.05, 0.1) is 4.90 Å². The number of hydrogen-bond acceptors (Lipinski definition) is 4. The molecule has 1 atom stereocenters. The zero-order chi connectivity index (χ0) is 14.7. The van der Waals surface area contributed by atoms with Crippen LogP contribution in [-0.4, -0.2) is 31.8 Å². The standard InChI is InChI=1S/C16H17NO2S2/c18-21(19,16-12-17-10-11-20-16)15-9-5-4-8-14(15)13-6-2-1-3-7-13/h1-9,16-17H,10-12H2. The molecule has 1 heterocycles. The lowest BCUT2D eigenvalue weighted by Crippen LogP contribution is -2.37. The van der Waals surface area contributed by atoms with Gasteiger partial charge in [0.2, 0.25) is 0 Å². The molecule has 0 aliphatic carbocycles. The van der Waals surface area contributed by atoms with Crippen LogP contribution >= 0.6 is 11.8 Å². The number of rotatable bonds is 3. The Bertz CT molecular complexity index is 708. The molecule has 0 aromatic heterocycles. The monoisotopic (exact) mass is 319 g/mol. The van der Waals surface area contributed by atoms with E-state index in [4.69, 9.17) is 0 Å². The molecule has 1 aliphatic heterocycles. The summed E-state index contributed by atoms with van der Waals surface area (Å²) in [6, 6.07) is 16.9. The lowest BCUT2D eigenvalue weighted by atomic mass is 10.1. The summed E-state index contributed by atoms with van der Waals surface area (Å²) in [6.45, 7) is 1.38. The molecule has 1 unspecified atom stereocenters. The van der Waals surface area contributed by atoms with Crippen molar-refractivity contribution in [3.05, 3.63) is 54.6 Å². The zero-order valence-electron chi connectivity index (χ0n) is 11.5. The van der Waals surface area contributed by atoms with Crippen molar-refractivity contribution >= 4 is 21.6 Å². The molecule has 0 spiro atoms. The molecule has 1 fully saturated rings. The molecule has 0 amide bonds. The fourth-order valence-electron chi connectivity index (χ4n) is 2.45. The molecule has 2 aromatic rings. The van der Waals surface area contributed by atoms with E-state index in [1.165, 1.54) is 11.8 Å². The minimum atomic E-state index is -3.34. The SMILES string of the molecule is O=S(=O)(c1ccccc1-c1ccccc1)C1CNCCS1. The molecule has 0 bridgehead atoms. The van der Waals surface area contributed by atoms with Crippen LogP contribution in [-0.2, 0) is 9.84 Å². The van der Waals surface area contributed by atoms with E-state index < -0.39 is 14.4 Å². The van der Waals surface area contributed by atoms with Crippen LogP contribution in [0.4, 0.5) is 0 Å². The zero-order valence-corrected chi connectivity index (χ0v) is 13.2. The molecule has 2 aromatic carbocycles. The first-order chi connectivity index (χ1) is 10.2. The topological polar surface area (TPSA) is 46.2 Å². The molecular weight excluding hydrogens is 302 g/mol. The summed E-state index contributed by atoms with van der Waals surface area (Å²) in [6.07, 6.45) is 0. The van der Waals surface area contributed by atoms with Gasteiger partial charge in [-0.1, -0.05) is 48.5 Å². The quantitative estimate of drug-likeness (QED) is 0.945. The number of benzene rings is 2. The van der Waals surface area contributed by atoms with Gasteiger partial charge in [0.1, 0.15) is 4.58 Å². The maximum absolute atomic E-state index is 12.9. The van der Waals surface area contributed by atoms with Gasteiger partial charge in [-0.05, 0) is 11.6 Å². The number of sulfone groups is 1. The van der Waals surface area contributed by atoms with E-state index in [1.807, 2.05) is 42.5 Å². The van der Waals surface area contributed by atoms with E-state index in [0.29, 0.717) is 11.4 Å². The third-order valence-electron chi connectivity index (χ3n) is 3.52. The van der Waals surface area contributed by atoms with E-state index in [2.05, 4.69) is 5.32 Å². The molecule has 1 aliphatic rings. The summed E-state index contributed by atoms with van der Waals surface area (Å²) in [5, 5.41) is 3.17. The maximum Gasteiger partial charge on any atom is 0.192 e. The smallest absolute Gasteiger partial charge is 0.192 e. The van der Waals surface area contributed by atoms with Gasteiger partial charge >= 0.3 is 0 Å². The molecule has 110 valence electrons. The van der Waals surface area contributed by atoms with Crippen molar-refractivity contribution in [2.75, 3.05) is 18.8 Å². The van der Waals surface area contributed by atoms with Crippen molar-refractivity contribution in [1.82, 2.24) is 5.32 Å². The van der Waals surface area contributed by atoms with E-state index in [1.54, 1.807) is 12.1 Å². The van der Waals surface area contributed by atoms with E-state index in [9.17, 15) is 8.42 Å². The second-order valence-corrected chi connectivity index (χ2v) is 8.62. The third-order valence-corrected chi connectivity index (χ3v) is 7.49. The number of hydrogen-bond donors (Lipinski definition) is 1. The predicted octanol–water partition coefficient (Wildman–Crippen LogP) is 2.79. The first-order valence-corrected chi connectivity index (χ1v) is 9.50. The van der Waals surface area contributed by atoms with Crippen LogP contribution in [0.25, 0.3) is 11.1 Å². The largest absolute Gasteiger partial charge is 0.314 e. The lowest BCUT2D eigenvalue weighted by molar-refractivity contribution is 0.586. The summed E-state index contributed by atoms with van der Waals surface area (Å²) in [4.78, 5) is 0.428. The highest BCUT2D eigenvalue weighted by atomic mass is 32.3. The number of nitrogens with one attached hydrogen (secondary N) is 1. The van der Waals surface area contributed by atoms with Gasteiger partial charge in [0, 0.05) is 24.4 Å². The van der Waals surface area contributed by atoms with Gasteiger partial charge in [-0.3, -0.25) is 0 Å². The van der Waals surface area contributed by atoms with Gasteiger partial charge in [-0.2, -0.15) is 0 Å². The highest BCUT2D eigenvalue weighted by Crippen LogP contribution is 2.33. The minimum absolute atomic E-state index is 0.406. The van der Waals surface area contributed by atoms with Crippen LogP contribution in [0.2, 0.25) is 0 Å². The Kier molecular flexibility index (Phi) is 4.33. The van der Waals surface area contributed by atoms with Gasteiger partial charge < -0.3 is 5.32 Å². The Labute approximate surface area is 129 Å². The van der Waals surface area contributed by atoms with Crippen LogP contribution in [0, 0.1) is 0 Å². The second-order valence-electron chi connectivity index (χ2n) is 4.91. The predicted molar refractivity (Wildman–Crippen MR) is 88.2 cm³/mol. The Morgan fingerprint density at radius 3 is 2.43 bits per heavy atom. The molecule has 3 nitrogen and oxygen atoms in total. The molecule has 5 heteroatoms. The van der Waals surface area contributed by atoms with Crippen molar-refractivity contribution in [1.29, 1.82) is 0 Å². The van der Waals surface area contributed by atoms with Gasteiger partial charge in [-0.25, -0.2) is 8.42 Å². The fourth-order valence-corrected chi connectivity index (χ4v) is 5.91. The summed E-state index contributed by atoms with van der Waals surface area (Å²) in [5.41, 5.74) is 1.72. The highest BCUT2D eigenvalue weighted by Gasteiger charge is 2.31. The lowest BCUT2D eigenvalue weighted by Gasteiger charge is -2.23. The second kappa shape index (κ2) is 6.22.